The van der Waals surface area contributed by atoms with E-state index in [-0.39, 0.29) is 33.9 Å². The lowest BCUT2D eigenvalue weighted by Crippen LogP contribution is -2.42. The summed E-state index contributed by atoms with van der Waals surface area (Å²) in [6.07, 6.45) is 4.18. The molecule has 1 fully saturated rings. The van der Waals surface area contributed by atoms with Gasteiger partial charge in [0, 0.05) is 18.2 Å². The van der Waals surface area contributed by atoms with Gasteiger partial charge in [0.2, 0.25) is 5.91 Å². The molecule has 202 valence electrons. The third-order valence-corrected chi connectivity index (χ3v) is 6.86. The van der Waals surface area contributed by atoms with Gasteiger partial charge in [-0.1, -0.05) is 47.0 Å². The summed E-state index contributed by atoms with van der Waals surface area (Å²) in [5, 5.41) is 5.94. The first-order valence-electron chi connectivity index (χ1n) is 12.3. The Morgan fingerprint density at radius 3 is 2.24 bits per heavy atom. The van der Waals surface area contributed by atoms with Gasteiger partial charge in [0.15, 0.2) is 0 Å². The summed E-state index contributed by atoms with van der Waals surface area (Å²) in [4.78, 5) is 49.5. The molecule has 1 aliphatic rings. The van der Waals surface area contributed by atoms with E-state index < -0.39 is 23.8 Å². The van der Waals surface area contributed by atoms with Crippen LogP contribution >= 0.6 is 23.2 Å². The van der Waals surface area contributed by atoms with Crippen molar-refractivity contribution in [3.05, 3.63) is 75.3 Å². The Hall–Kier alpha value is -3.36. The molecule has 2 N–H and O–H groups in total. The number of esters is 2. The van der Waals surface area contributed by atoms with Crippen LogP contribution in [0.1, 0.15) is 48.5 Å². The fourth-order valence-electron chi connectivity index (χ4n) is 4.23. The first-order chi connectivity index (χ1) is 18.2. The molecular formula is C28H30Cl2N2O6. The zero-order chi connectivity index (χ0) is 27.7. The van der Waals surface area contributed by atoms with Gasteiger partial charge < -0.3 is 20.1 Å². The summed E-state index contributed by atoms with van der Waals surface area (Å²) in [7, 11) is 1.26. The number of allylic oxidation sites excluding steroid dienone is 1. The van der Waals surface area contributed by atoms with Crippen LogP contribution in [0.4, 0.5) is 5.69 Å². The Labute approximate surface area is 231 Å². The third kappa shape index (κ3) is 8.07. The topological polar surface area (TPSA) is 111 Å². The van der Waals surface area contributed by atoms with E-state index in [0.717, 1.165) is 11.1 Å². The van der Waals surface area contributed by atoms with Gasteiger partial charge in [-0.15, -0.1) is 0 Å². The van der Waals surface area contributed by atoms with E-state index in [0.29, 0.717) is 38.0 Å². The van der Waals surface area contributed by atoms with Gasteiger partial charge in [-0.05, 0) is 62.4 Å². The van der Waals surface area contributed by atoms with Crippen molar-refractivity contribution in [1.82, 2.24) is 5.32 Å². The zero-order valence-electron chi connectivity index (χ0n) is 21.2. The number of ether oxygens (including phenoxy) is 2. The summed E-state index contributed by atoms with van der Waals surface area (Å²) in [5.41, 5.74) is 2.36. The van der Waals surface area contributed by atoms with Crippen molar-refractivity contribution in [3.8, 4) is 0 Å². The van der Waals surface area contributed by atoms with Crippen LogP contribution in [0.3, 0.4) is 0 Å². The molecule has 8 nitrogen and oxygen atoms in total. The summed E-state index contributed by atoms with van der Waals surface area (Å²) in [5.74, 6) is -1.76. The average molecular weight is 561 g/mol. The summed E-state index contributed by atoms with van der Waals surface area (Å²) in [6.45, 7) is 2.13. The van der Waals surface area contributed by atoms with Crippen molar-refractivity contribution in [2.45, 2.75) is 45.1 Å². The molecule has 0 spiro atoms. The van der Waals surface area contributed by atoms with E-state index >= 15 is 0 Å². The predicted molar refractivity (Wildman–Crippen MR) is 145 cm³/mol. The van der Waals surface area contributed by atoms with Crippen LogP contribution in [0.15, 0.2) is 54.1 Å². The first kappa shape index (κ1) is 29.2. The summed E-state index contributed by atoms with van der Waals surface area (Å²) in [6, 6.07) is 10.7. The third-order valence-electron chi connectivity index (χ3n) is 6.23. The van der Waals surface area contributed by atoms with E-state index in [1.54, 1.807) is 49.4 Å². The minimum Gasteiger partial charge on any atom is -0.467 e. The molecule has 2 aromatic carbocycles. The molecule has 2 aromatic rings. The van der Waals surface area contributed by atoms with Crippen molar-refractivity contribution in [1.29, 1.82) is 0 Å². The lowest BCUT2D eigenvalue weighted by atomic mass is 9.85. The van der Waals surface area contributed by atoms with Gasteiger partial charge in [0.25, 0.3) is 5.91 Å². The van der Waals surface area contributed by atoms with Crippen LogP contribution in [-0.4, -0.2) is 43.5 Å². The monoisotopic (exact) mass is 560 g/mol. The second-order valence-corrected chi connectivity index (χ2v) is 9.68. The van der Waals surface area contributed by atoms with Crippen molar-refractivity contribution >= 4 is 52.6 Å². The van der Waals surface area contributed by atoms with Gasteiger partial charge in [0.1, 0.15) is 6.04 Å². The van der Waals surface area contributed by atoms with Gasteiger partial charge in [0.05, 0.1) is 35.2 Å². The number of methoxy groups -OCH3 is 1. The van der Waals surface area contributed by atoms with Crippen LogP contribution < -0.4 is 10.6 Å². The highest BCUT2D eigenvalue weighted by atomic mass is 35.5. The largest absolute Gasteiger partial charge is 0.467 e. The molecule has 0 saturated heterocycles. The maximum absolute atomic E-state index is 12.7. The maximum atomic E-state index is 12.7. The van der Waals surface area contributed by atoms with Crippen molar-refractivity contribution < 1.29 is 28.7 Å². The van der Waals surface area contributed by atoms with E-state index in [1.165, 1.54) is 13.2 Å². The number of carbonyl (C=O) groups is 4. The highest BCUT2D eigenvalue weighted by molar-refractivity contribution is 6.40. The normalized spacial score (nSPS) is 15.7. The van der Waals surface area contributed by atoms with E-state index in [4.69, 9.17) is 32.7 Å². The Bertz CT molecular complexity index is 1180. The maximum Gasteiger partial charge on any atom is 0.328 e. The molecule has 0 heterocycles. The number of nitrogens with one attached hydrogen (secondary N) is 2. The van der Waals surface area contributed by atoms with Crippen molar-refractivity contribution in [3.63, 3.8) is 0 Å². The van der Waals surface area contributed by atoms with Gasteiger partial charge in [-0.25, -0.2) is 4.79 Å². The van der Waals surface area contributed by atoms with Crippen LogP contribution in [0.5, 0.6) is 0 Å². The number of hydrogen-bond donors (Lipinski definition) is 2. The second-order valence-electron chi connectivity index (χ2n) is 8.87. The highest BCUT2D eigenvalue weighted by Crippen LogP contribution is 2.29. The van der Waals surface area contributed by atoms with E-state index in [9.17, 15) is 19.2 Å². The average Bonchev–Trinajstić information content (AvgIpc) is 2.89. The lowest BCUT2D eigenvalue weighted by molar-refractivity contribution is -0.148. The number of amides is 2. The molecule has 0 unspecified atom stereocenters. The minimum atomic E-state index is -0.900. The standard InChI is InChI=1S/C28H30Cl2N2O6/c1-3-38-27(35)19-11-7-18(8-12-19)16-24(33)32-23(28(36)37-2)15-17-9-13-20(14-10-17)31-26(34)25-21(29)5-4-6-22(25)30/h4-6,9-10,13-14,16,19,23H,3,7-8,11-12,15H2,1-2H3,(H,31,34)(H,32,33)/t19?,23-/m0/s1. The van der Waals surface area contributed by atoms with Crippen molar-refractivity contribution in [2.75, 3.05) is 19.0 Å². The Morgan fingerprint density at radius 2 is 1.66 bits per heavy atom. The fourth-order valence-corrected chi connectivity index (χ4v) is 4.80. The molecule has 3 rings (SSSR count). The molecule has 0 aromatic heterocycles. The molecule has 1 aliphatic carbocycles. The Balaban J connectivity index is 1.59. The quantitative estimate of drug-likeness (QED) is 0.325. The second kappa shape index (κ2) is 14.0. The van der Waals surface area contributed by atoms with Gasteiger partial charge in [-0.2, -0.15) is 0 Å². The smallest absolute Gasteiger partial charge is 0.328 e. The Morgan fingerprint density at radius 1 is 1.03 bits per heavy atom. The number of rotatable bonds is 9. The molecule has 38 heavy (non-hydrogen) atoms. The minimum absolute atomic E-state index is 0.146. The van der Waals surface area contributed by atoms with Crippen LogP contribution in [0, 0.1) is 5.92 Å². The number of halogens is 2. The molecule has 1 saturated carbocycles. The van der Waals surface area contributed by atoms with E-state index in [1.807, 2.05) is 0 Å². The predicted octanol–water partition coefficient (Wildman–Crippen LogP) is 5.13. The van der Waals surface area contributed by atoms with Crippen LogP contribution in [-0.2, 0) is 30.3 Å². The van der Waals surface area contributed by atoms with Crippen molar-refractivity contribution in [2.24, 2.45) is 5.92 Å². The first-order valence-corrected chi connectivity index (χ1v) is 13.1. The molecule has 0 aliphatic heterocycles. The van der Waals surface area contributed by atoms with Gasteiger partial charge >= 0.3 is 11.9 Å². The summed E-state index contributed by atoms with van der Waals surface area (Å²) < 4.78 is 9.96. The fraction of sp³-hybridized carbons (Fsp3) is 0.357. The SMILES string of the molecule is CCOC(=O)C1CCC(=CC(=O)N[C@@H](Cc2ccc(NC(=O)c3c(Cl)cccc3Cl)cc2)C(=O)OC)CC1. The molecule has 10 heteroatoms. The van der Waals surface area contributed by atoms with E-state index in [2.05, 4.69) is 10.6 Å². The number of benzene rings is 2. The molecular weight excluding hydrogens is 531 g/mol. The number of anilines is 1. The molecule has 2 amide bonds. The van der Waals surface area contributed by atoms with Crippen LogP contribution in [0.25, 0.3) is 0 Å². The van der Waals surface area contributed by atoms with Crippen LogP contribution in [0.2, 0.25) is 10.0 Å². The molecule has 0 radical (unpaired) electrons. The zero-order valence-corrected chi connectivity index (χ0v) is 22.7. The van der Waals surface area contributed by atoms with Gasteiger partial charge in [-0.3, -0.25) is 14.4 Å². The highest BCUT2D eigenvalue weighted by Gasteiger charge is 2.26. The molecule has 1 atom stereocenters. The summed E-state index contributed by atoms with van der Waals surface area (Å²) >= 11 is 12.2. The number of hydrogen-bond acceptors (Lipinski definition) is 6. The lowest BCUT2D eigenvalue weighted by Gasteiger charge is -2.22. The molecule has 0 bridgehead atoms. The number of carbonyl (C=O) groups excluding carboxylic acids is 4. The Kier molecular flexibility index (Phi) is 10.7.